The van der Waals surface area contributed by atoms with Crippen molar-refractivity contribution in [3.05, 3.63) is 44.8 Å². The highest BCUT2D eigenvalue weighted by atomic mass is 16.6. The number of imidazole rings is 1. The summed E-state index contributed by atoms with van der Waals surface area (Å²) in [4.78, 5) is 23.2. The summed E-state index contributed by atoms with van der Waals surface area (Å²) in [5.74, 6) is -0.338. The number of pyridine rings is 1. The molecule has 0 aliphatic heterocycles. The highest BCUT2D eigenvalue weighted by molar-refractivity contribution is 5.47. The molecule has 15 heavy (non-hydrogen) atoms. The van der Waals surface area contributed by atoms with Crippen LogP contribution < -0.4 is 0 Å². The lowest BCUT2D eigenvalue weighted by Gasteiger charge is -1.89. The van der Waals surface area contributed by atoms with Crippen molar-refractivity contribution in [1.29, 1.82) is 0 Å². The third-order valence-corrected chi connectivity index (χ3v) is 1.82. The van der Waals surface area contributed by atoms with E-state index < -0.39 is 9.85 Å². The molecule has 0 amide bonds. The van der Waals surface area contributed by atoms with Crippen molar-refractivity contribution in [2.24, 2.45) is 0 Å². The quantitative estimate of drug-likeness (QED) is 0.543. The van der Waals surface area contributed by atoms with Gasteiger partial charge in [-0.1, -0.05) is 0 Å². The Morgan fingerprint density at radius 2 is 1.87 bits per heavy atom. The molecule has 0 atom stereocenters. The van der Waals surface area contributed by atoms with Gasteiger partial charge in [-0.05, 0) is 9.91 Å². The molecule has 0 aromatic carbocycles. The van der Waals surface area contributed by atoms with E-state index in [-0.39, 0.29) is 11.5 Å². The van der Waals surface area contributed by atoms with Gasteiger partial charge in [0.25, 0.3) is 11.3 Å². The SMILES string of the molecule is O=[N+]([O-])c1ccc2nc([N+](=O)[O-])cn2c1. The van der Waals surface area contributed by atoms with Gasteiger partial charge in [0.05, 0.1) is 11.1 Å². The third-order valence-electron chi connectivity index (χ3n) is 1.82. The highest BCUT2D eigenvalue weighted by Gasteiger charge is 2.15. The van der Waals surface area contributed by atoms with E-state index in [4.69, 9.17) is 0 Å². The van der Waals surface area contributed by atoms with Gasteiger partial charge in [0.2, 0.25) is 0 Å². The van der Waals surface area contributed by atoms with Crippen LogP contribution >= 0.6 is 0 Å². The molecule has 0 fully saturated rings. The van der Waals surface area contributed by atoms with Crippen LogP contribution in [-0.2, 0) is 0 Å². The van der Waals surface area contributed by atoms with E-state index >= 15 is 0 Å². The van der Waals surface area contributed by atoms with Gasteiger partial charge < -0.3 is 10.1 Å². The summed E-state index contributed by atoms with van der Waals surface area (Å²) < 4.78 is 1.25. The van der Waals surface area contributed by atoms with E-state index in [1.165, 1.54) is 22.7 Å². The minimum absolute atomic E-state index is 0.144. The van der Waals surface area contributed by atoms with Gasteiger partial charge >= 0.3 is 5.82 Å². The molecule has 0 aliphatic rings. The van der Waals surface area contributed by atoms with E-state index in [9.17, 15) is 20.2 Å². The molecule has 0 unspecified atom stereocenters. The highest BCUT2D eigenvalue weighted by Crippen LogP contribution is 2.16. The van der Waals surface area contributed by atoms with Gasteiger partial charge in [-0.2, -0.15) is 0 Å². The molecule has 0 N–H and O–H groups in total. The molecule has 2 heterocycles. The molecule has 76 valence electrons. The first-order valence-corrected chi connectivity index (χ1v) is 3.85. The van der Waals surface area contributed by atoms with Gasteiger partial charge in [0.15, 0.2) is 0 Å². The number of hydrogen-bond acceptors (Lipinski definition) is 5. The van der Waals surface area contributed by atoms with Gasteiger partial charge in [0.1, 0.15) is 6.20 Å². The zero-order valence-electron chi connectivity index (χ0n) is 7.23. The van der Waals surface area contributed by atoms with Crippen LogP contribution in [0, 0.1) is 20.2 Å². The maximum Gasteiger partial charge on any atom is 0.382 e. The zero-order valence-corrected chi connectivity index (χ0v) is 7.23. The Morgan fingerprint density at radius 1 is 1.13 bits per heavy atom. The van der Waals surface area contributed by atoms with E-state index in [1.807, 2.05) is 0 Å². The number of aromatic nitrogens is 2. The first kappa shape index (κ1) is 9.06. The lowest BCUT2D eigenvalue weighted by atomic mass is 10.4. The molecule has 8 heteroatoms. The monoisotopic (exact) mass is 208 g/mol. The maximum atomic E-state index is 10.4. The molecule has 0 aliphatic carbocycles. The number of rotatable bonds is 2. The molecule has 0 radical (unpaired) electrons. The second-order valence-corrected chi connectivity index (χ2v) is 2.77. The fraction of sp³-hybridized carbons (Fsp3) is 0. The van der Waals surface area contributed by atoms with Crippen molar-refractivity contribution >= 4 is 17.2 Å². The lowest BCUT2D eigenvalue weighted by Crippen LogP contribution is -1.90. The molecular weight excluding hydrogens is 204 g/mol. The number of nitro groups is 2. The summed E-state index contributed by atoms with van der Waals surface area (Å²) in [6.07, 6.45) is 2.30. The average Bonchev–Trinajstić information content (AvgIpc) is 2.59. The molecular formula is C7H4N4O4. The van der Waals surface area contributed by atoms with Crippen molar-refractivity contribution < 1.29 is 9.85 Å². The Balaban J connectivity index is 2.62. The second kappa shape index (κ2) is 3.01. The summed E-state index contributed by atoms with van der Waals surface area (Å²) in [7, 11) is 0. The Morgan fingerprint density at radius 3 is 2.47 bits per heavy atom. The minimum atomic E-state index is -0.654. The molecule has 0 bridgehead atoms. The normalized spacial score (nSPS) is 10.4. The number of fused-ring (bicyclic) bond motifs is 1. The molecule has 2 rings (SSSR count). The van der Waals surface area contributed by atoms with Gasteiger partial charge in [-0.25, -0.2) is 0 Å². The minimum Gasteiger partial charge on any atom is -0.358 e. The summed E-state index contributed by atoms with van der Waals surface area (Å²) in [5.41, 5.74) is 0.155. The molecule has 2 aromatic rings. The van der Waals surface area contributed by atoms with E-state index in [2.05, 4.69) is 4.98 Å². The van der Waals surface area contributed by atoms with Crippen molar-refractivity contribution in [2.75, 3.05) is 0 Å². The predicted octanol–water partition coefficient (Wildman–Crippen LogP) is 1.15. The van der Waals surface area contributed by atoms with Crippen LogP contribution in [0.15, 0.2) is 24.5 Å². The summed E-state index contributed by atoms with van der Waals surface area (Å²) in [6.45, 7) is 0. The second-order valence-electron chi connectivity index (χ2n) is 2.77. The third kappa shape index (κ3) is 1.47. The Labute approximate surface area is 82.1 Å². The van der Waals surface area contributed by atoms with Crippen LogP contribution in [0.4, 0.5) is 11.5 Å². The van der Waals surface area contributed by atoms with Crippen LogP contribution in [0.25, 0.3) is 5.65 Å². The average molecular weight is 208 g/mol. The molecule has 8 nitrogen and oxygen atoms in total. The van der Waals surface area contributed by atoms with Crippen LogP contribution in [0.5, 0.6) is 0 Å². The maximum absolute atomic E-state index is 10.4. The van der Waals surface area contributed by atoms with Crippen LogP contribution in [0.3, 0.4) is 0 Å². The standard InChI is InChI=1S/C7H4N4O4/c12-10(13)5-1-2-6-8-7(11(14)15)4-9(6)3-5/h1-4H. The Hall–Kier alpha value is -2.51. The summed E-state index contributed by atoms with van der Waals surface area (Å²) >= 11 is 0. The molecule has 0 saturated carbocycles. The fourth-order valence-corrected chi connectivity index (χ4v) is 1.16. The smallest absolute Gasteiger partial charge is 0.358 e. The van der Waals surface area contributed by atoms with Crippen LogP contribution in [0.1, 0.15) is 0 Å². The molecule has 0 spiro atoms. The summed E-state index contributed by atoms with van der Waals surface area (Å²) in [6, 6.07) is 2.59. The Kier molecular flexibility index (Phi) is 1.82. The van der Waals surface area contributed by atoms with Crippen molar-refractivity contribution in [3.8, 4) is 0 Å². The molecule has 0 saturated heterocycles. The fourth-order valence-electron chi connectivity index (χ4n) is 1.16. The first-order chi connectivity index (χ1) is 7.08. The topological polar surface area (TPSA) is 104 Å². The van der Waals surface area contributed by atoms with Crippen molar-refractivity contribution in [3.63, 3.8) is 0 Å². The van der Waals surface area contributed by atoms with E-state index in [1.54, 1.807) is 0 Å². The predicted molar refractivity (Wildman–Crippen MR) is 48.5 cm³/mol. The largest absolute Gasteiger partial charge is 0.382 e. The number of nitrogens with zero attached hydrogens (tertiary/aromatic N) is 4. The Bertz CT molecular complexity index is 549. The van der Waals surface area contributed by atoms with E-state index in [0.29, 0.717) is 5.65 Å². The summed E-state index contributed by atoms with van der Waals surface area (Å²) in [5, 5.41) is 20.8. The van der Waals surface area contributed by atoms with E-state index in [0.717, 1.165) is 6.20 Å². The van der Waals surface area contributed by atoms with Crippen molar-refractivity contribution in [2.45, 2.75) is 0 Å². The van der Waals surface area contributed by atoms with Crippen molar-refractivity contribution in [1.82, 2.24) is 9.38 Å². The van der Waals surface area contributed by atoms with Crippen LogP contribution in [0.2, 0.25) is 0 Å². The molecule has 2 aromatic heterocycles. The van der Waals surface area contributed by atoms with Gasteiger partial charge in [-0.15, -0.1) is 0 Å². The first-order valence-electron chi connectivity index (χ1n) is 3.85. The lowest BCUT2D eigenvalue weighted by molar-refractivity contribution is -0.389. The van der Waals surface area contributed by atoms with Crippen LogP contribution in [-0.4, -0.2) is 19.2 Å². The van der Waals surface area contributed by atoms with Gasteiger partial charge in [0, 0.05) is 12.1 Å². The van der Waals surface area contributed by atoms with Gasteiger partial charge in [-0.3, -0.25) is 14.5 Å². The zero-order chi connectivity index (χ0) is 11.0. The number of hydrogen-bond donors (Lipinski definition) is 0.